The van der Waals surface area contributed by atoms with E-state index in [2.05, 4.69) is 79.7 Å². The first kappa shape index (κ1) is 14.8. The molecule has 0 radical (unpaired) electrons. The Morgan fingerprint density at radius 1 is 0.625 bits per heavy atom. The average molecular weight is 312 g/mol. The molecule has 0 aliphatic rings. The summed E-state index contributed by atoms with van der Waals surface area (Å²) in [5.41, 5.74) is 4.03. The summed E-state index contributed by atoms with van der Waals surface area (Å²) in [6.45, 7) is 2.18. The van der Waals surface area contributed by atoms with Crippen molar-refractivity contribution in [1.82, 2.24) is 0 Å². The number of hydrogen-bond donors (Lipinski definition) is 0. The molecule has 1 heteroatoms. The molecule has 0 N–H and O–H groups in total. The fourth-order valence-electron chi connectivity index (χ4n) is 3.54. The van der Waals surface area contributed by atoms with Gasteiger partial charge in [-0.2, -0.15) is 0 Å². The molecule has 0 unspecified atom stereocenters. The van der Waals surface area contributed by atoms with E-state index in [1.54, 1.807) is 7.11 Å². The van der Waals surface area contributed by atoms with Crippen molar-refractivity contribution < 1.29 is 4.74 Å². The molecule has 0 bridgehead atoms. The smallest absolute Gasteiger partial charge is 0.126 e. The van der Waals surface area contributed by atoms with Crippen LogP contribution in [-0.4, -0.2) is 7.11 Å². The highest BCUT2D eigenvalue weighted by atomic mass is 16.5. The summed E-state index contributed by atoms with van der Waals surface area (Å²) < 4.78 is 5.52. The van der Waals surface area contributed by atoms with Crippen LogP contribution in [0.3, 0.4) is 0 Å². The van der Waals surface area contributed by atoms with Gasteiger partial charge >= 0.3 is 0 Å². The maximum atomic E-state index is 5.52. The predicted molar refractivity (Wildman–Crippen MR) is 102 cm³/mol. The second kappa shape index (κ2) is 6.01. The minimum Gasteiger partial charge on any atom is -0.496 e. The molecule has 0 aromatic heterocycles. The molecule has 0 aliphatic heterocycles. The maximum absolute atomic E-state index is 5.52. The third kappa shape index (κ3) is 2.43. The summed E-state index contributed by atoms with van der Waals surface area (Å²) in [7, 11) is 1.73. The van der Waals surface area contributed by atoms with Gasteiger partial charge in [0.25, 0.3) is 0 Å². The zero-order chi connectivity index (χ0) is 16.5. The molecule has 0 atom stereocenters. The van der Waals surface area contributed by atoms with E-state index >= 15 is 0 Å². The Bertz CT molecular complexity index is 1030. The highest BCUT2D eigenvalue weighted by Crippen LogP contribution is 2.31. The number of benzene rings is 4. The third-order valence-corrected chi connectivity index (χ3v) is 4.81. The van der Waals surface area contributed by atoms with Gasteiger partial charge in [0.2, 0.25) is 0 Å². The molecule has 0 aliphatic carbocycles. The molecule has 4 rings (SSSR count). The summed E-state index contributed by atoms with van der Waals surface area (Å²) >= 11 is 0. The first-order chi connectivity index (χ1) is 11.8. The summed E-state index contributed by atoms with van der Waals surface area (Å²) in [5, 5.41) is 5.13. The average Bonchev–Trinajstić information content (AvgIpc) is 2.64. The molecular weight excluding hydrogens is 292 g/mol. The molecule has 0 spiro atoms. The predicted octanol–water partition coefficient (Wildman–Crippen LogP) is 5.90. The molecule has 4 aromatic carbocycles. The van der Waals surface area contributed by atoms with Crippen LogP contribution in [0.25, 0.3) is 21.5 Å². The van der Waals surface area contributed by atoms with Crippen molar-refractivity contribution in [2.75, 3.05) is 7.11 Å². The van der Waals surface area contributed by atoms with Crippen LogP contribution in [0.15, 0.2) is 72.8 Å². The zero-order valence-corrected chi connectivity index (χ0v) is 14.0. The normalized spacial score (nSPS) is 11.1. The molecule has 118 valence electrons. The molecule has 0 heterocycles. The first-order valence-corrected chi connectivity index (χ1v) is 8.30. The van der Waals surface area contributed by atoms with Gasteiger partial charge in [-0.15, -0.1) is 0 Å². The highest BCUT2D eigenvalue weighted by molar-refractivity contribution is 5.93. The second-order valence-corrected chi connectivity index (χ2v) is 6.24. The van der Waals surface area contributed by atoms with Gasteiger partial charge in [0.15, 0.2) is 0 Å². The van der Waals surface area contributed by atoms with E-state index in [9.17, 15) is 0 Å². The van der Waals surface area contributed by atoms with Crippen molar-refractivity contribution in [1.29, 1.82) is 0 Å². The molecule has 4 aromatic rings. The van der Waals surface area contributed by atoms with Crippen LogP contribution in [-0.2, 0) is 6.42 Å². The lowest BCUT2D eigenvalue weighted by Gasteiger charge is -2.13. The summed E-state index contributed by atoms with van der Waals surface area (Å²) in [5.74, 6) is 0.933. The highest BCUT2D eigenvalue weighted by Gasteiger charge is 2.09. The van der Waals surface area contributed by atoms with Gasteiger partial charge < -0.3 is 4.74 Å². The number of hydrogen-bond acceptors (Lipinski definition) is 1. The van der Waals surface area contributed by atoms with Gasteiger partial charge in [-0.3, -0.25) is 0 Å². The van der Waals surface area contributed by atoms with Gasteiger partial charge in [0, 0.05) is 5.39 Å². The van der Waals surface area contributed by atoms with Crippen LogP contribution in [0.1, 0.15) is 16.7 Å². The molecule has 24 heavy (non-hydrogen) atoms. The lowest BCUT2D eigenvalue weighted by atomic mass is 9.93. The van der Waals surface area contributed by atoms with Crippen LogP contribution < -0.4 is 4.74 Å². The Morgan fingerprint density at radius 2 is 1.17 bits per heavy atom. The van der Waals surface area contributed by atoms with Crippen molar-refractivity contribution in [3.63, 3.8) is 0 Å². The number of rotatable bonds is 3. The van der Waals surface area contributed by atoms with E-state index < -0.39 is 0 Å². The summed E-state index contributed by atoms with van der Waals surface area (Å²) in [6, 6.07) is 25.9. The van der Waals surface area contributed by atoms with E-state index in [0.717, 1.165) is 12.2 Å². The van der Waals surface area contributed by atoms with Crippen LogP contribution in [0.5, 0.6) is 5.75 Å². The quantitative estimate of drug-likeness (QED) is 0.457. The van der Waals surface area contributed by atoms with Crippen molar-refractivity contribution in [3.8, 4) is 5.75 Å². The molecule has 0 amide bonds. The van der Waals surface area contributed by atoms with Gasteiger partial charge in [0.1, 0.15) is 5.75 Å². The Balaban J connectivity index is 1.88. The zero-order valence-electron chi connectivity index (χ0n) is 14.0. The van der Waals surface area contributed by atoms with E-state index in [0.29, 0.717) is 0 Å². The molecule has 0 saturated heterocycles. The van der Waals surface area contributed by atoms with Crippen LogP contribution in [0.2, 0.25) is 0 Å². The monoisotopic (exact) mass is 312 g/mol. The molecule has 0 fully saturated rings. The van der Waals surface area contributed by atoms with Crippen molar-refractivity contribution in [2.24, 2.45) is 0 Å². The molecule has 0 saturated carbocycles. The third-order valence-electron chi connectivity index (χ3n) is 4.81. The number of fused-ring (bicyclic) bond motifs is 2. The topological polar surface area (TPSA) is 9.23 Å². The van der Waals surface area contributed by atoms with E-state index in [1.807, 2.05) is 0 Å². The summed E-state index contributed by atoms with van der Waals surface area (Å²) in [4.78, 5) is 0. The van der Waals surface area contributed by atoms with E-state index in [-0.39, 0.29) is 0 Å². The Labute approximate surface area is 142 Å². The minimum absolute atomic E-state index is 0.922. The lowest BCUT2D eigenvalue weighted by molar-refractivity contribution is 0.419. The first-order valence-electron chi connectivity index (χ1n) is 8.30. The van der Waals surface area contributed by atoms with Crippen LogP contribution in [0.4, 0.5) is 0 Å². The number of aryl methyl sites for hydroxylation is 1. The number of ether oxygens (including phenoxy) is 1. The van der Waals surface area contributed by atoms with Gasteiger partial charge in [-0.1, -0.05) is 66.7 Å². The lowest BCUT2D eigenvalue weighted by Crippen LogP contribution is -1.94. The standard InChI is InChI=1S/C23H20O/c1-16-11-12-17(20-8-4-3-7-19(16)20)15-18-13-14-23(24-2)22-10-6-5-9-21(18)22/h3-14H,15H2,1-2H3. The van der Waals surface area contributed by atoms with Gasteiger partial charge in [-0.25, -0.2) is 0 Å². The maximum Gasteiger partial charge on any atom is 0.126 e. The second-order valence-electron chi connectivity index (χ2n) is 6.24. The SMILES string of the molecule is COc1ccc(Cc2ccc(C)c3ccccc23)c2ccccc12. The molecule has 1 nitrogen and oxygen atoms in total. The van der Waals surface area contributed by atoms with Crippen molar-refractivity contribution in [3.05, 3.63) is 89.5 Å². The van der Waals surface area contributed by atoms with Gasteiger partial charge in [-0.05, 0) is 52.3 Å². The van der Waals surface area contributed by atoms with Gasteiger partial charge in [0.05, 0.1) is 7.11 Å². The minimum atomic E-state index is 0.922. The largest absolute Gasteiger partial charge is 0.496 e. The van der Waals surface area contributed by atoms with Crippen molar-refractivity contribution in [2.45, 2.75) is 13.3 Å². The summed E-state index contributed by atoms with van der Waals surface area (Å²) in [6.07, 6.45) is 0.922. The number of methoxy groups -OCH3 is 1. The fraction of sp³-hybridized carbons (Fsp3) is 0.130. The van der Waals surface area contributed by atoms with E-state index in [4.69, 9.17) is 4.74 Å². The Hall–Kier alpha value is -2.80. The molecular formula is C23H20O. The van der Waals surface area contributed by atoms with Crippen LogP contribution >= 0.6 is 0 Å². The Morgan fingerprint density at radius 3 is 1.83 bits per heavy atom. The van der Waals surface area contributed by atoms with Crippen LogP contribution in [0, 0.1) is 6.92 Å². The van der Waals surface area contributed by atoms with E-state index in [1.165, 1.54) is 38.2 Å². The fourth-order valence-corrected chi connectivity index (χ4v) is 3.54. The Kier molecular flexibility index (Phi) is 3.70. The van der Waals surface area contributed by atoms with Crippen molar-refractivity contribution >= 4 is 21.5 Å².